The van der Waals surface area contributed by atoms with E-state index in [1.165, 1.54) is 38.5 Å². The van der Waals surface area contributed by atoms with Crippen LogP contribution in [0.15, 0.2) is 11.3 Å². The molecule has 0 heterocycles. The number of allylic oxidation sites excluding steroid dienone is 1. The number of carbonyl (C=O) groups excluding carboxylic acids is 1. The molecule has 0 aromatic carbocycles. The van der Waals surface area contributed by atoms with Crippen molar-refractivity contribution in [2.45, 2.75) is 115 Å². The van der Waals surface area contributed by atoms with E-state index in [2.05, 4.69) is 13.8 Å². The second kappa shape index (κ2) is 10.7. The van der Waals surface area contributed by atoms with Gasteiger partial charge in [0.1, 0.15) is 12.0 Å². The van der Waals surface area contributed by atoms with E-state index in [1.54, 1.807) is 0 Å². The fourth-order valence-electron chi connectivity index (χ4n) is 9.59. The summed E-state index contributed by atoms with van der Waals surface area (Å²) in [6.07, 6.45) is 5.04. The van der Waals surface area contributed by atoms with E-state index in [-0.39, 0.29) is 24.0 Å². The van der Waals surface area contributed by atoms with Crippen molar-refractivity contribution in [3.8, 4) is 0 Å². The van der Waals surface area contributed by atoms with Gasteiger partial charge in [0.05, 0.1) is 23.9 Å². The van der Waals surface area contributed by atoms with Gasteiger partial charge in [-0.1, -0.05) is 39.5 Å². The van der Waals surface area contributed by atoms with Crippen molar-refractivity contribution >= 4 is 5.78 Å². The molecule has 4 fully saturated rings. The molecule has 5 aliphatic carbocycles. The number of fused-ring (bicyclic) bond motifs is 3. The first-order chi connectivity index (χ1) is 17.9. The number of aliphatic hydroxyl groups is 6. The van der Waals surface area contributed by atoms with Crippen LogP contribution < -0.4 is 5.73 Å². The molecule has 5 rings (SSSR count). The zero-order valence-corrected chi connectivity index (χ0v) is 23.0. The predicted molar refractivity (Wildman–Crippen MR) is 141 cm³/mol. The molecule has 0 bridgehead atoms. The number of rotatable bonds is 5. The minimum atomic E-state index is -2.23. The molecule has 8 N–H and O–H groups in total. The molecule has 0 aromatic rings. The fourth-order valence-corrected chi connectivity index (χ4v) is 9.59. The van der Waals surface area contributed by atoms with Crippen LogP contribution in [0.4, 0.5) is 0 Å². The Morgan fingerprint density at radius 2 is 1.63 bits per heavy atom. The van der Waals surface area contributed by atoms with Crippen LogP contribution in [-0.4, -0.2) is 66.6 Å². The maximum absolute atomic E-state index is 13.2. The Morgan fingerprint density at radius 1 is 0.947 bits per heavy atom. The molecule has 11 atom stereocenters. The molecule has 5 aliphatic rings. The third-order valence-electron chi connectivity index (χ3n) is 11.5. The number of hydrogen-bond donors (Lipinski definition) is 7. The molecule has 0 amide bonds. The van der Waals surface area contributed by atoms with Crippen molar-refractivity contribution in [1.82, 2.24) is 0 Å². The first-order valence-corrected chi connectivity index (χ1v) is 15.1. The van der Waals surface area contributed by atoms with Gasteiger partial charge in [-0.25, -0.2) is 0 Å². The molecule has 8 nitrogen and oxygen atoms in total. The smallest absolute Gasteiger partial charge is 0.200 e. The third kappa shape index (κ3) is 4.67. The van der Waals surface area contributed by atoms with E-state index >= 15 is 0 Å². The van der Waals surface area contributed by atoms with Crippen molar-refractivity contribution in [2.24, 2.45) is 59.0 Å². The largest absolute Gasteiger partial charge is 0.512 e. The lowest BCUT2D eigenvalue weighted by molar-refractivity contribution is -0.232. The van der Waals surface area contributed by atoms with Gasteiger partial charge in [-0.3, -0.25) is 4.79 Å². The van der Waals surface area contributed by atoms with Gasteiger partial charge in [0.25, 0.3) is 0 Å². The summed E-state index contributed by atoms with van der Waals surface area (Å²) in [7, 11) is 0. The maximum atomic E-state index is 13.2. The standard InChI is InChI=1S/C30H49NO7/c1-14(2)3-4-15-5-7-16(8-6-15)19-9-10-21(32)24-20(19)12-17-11-18-13-22(33)25(29(31)37)28(36)30(18,38)27(35)23(17)26(24)34/h14-21,23-24,26-27,29,32-35,37-38H,3-13,31H2,1-2H3/t15?,16?,17-,18+,19?,20?,21?,23?,24?,26?,27?,29?,30+/m1/s1. The van der Waals surface area contributed by atoms with Crippen molar-refractivity contribution in [2.75, 3.05) is 0 Å². The van der Waals surface area contributed by atoms with Gasteiger partial charge < -0.3 is 36.4 Å². The minimum absolute atomic E-state index is 0.0528. The first-order valence-electron chi connectivity index (χ1n) is 15.1. The zero-order chi connectivity index (χ0) is 27.5. The number of hydrogen-bond acceptors (Lipinski definition) is 8. The monoisotopic (exact) mass is 535 g/mol. The van der Waals surface area contributed by atoms with Crippen molar-refractivity contribution in [3.63, 3.8) is 0 Å². The summed E-state index contributed by atoms with van der Waals surface area (Å²) < 4.78 is 0. The SMILES string of the molecule is CC(C)CCC1CCC(C2CCC(O)C3C(O)C4C(O)[C@]5(O)C(=O)C(C(N)O)=C(O)C[C@@H]5C[C@@H]4CC23)CC1. The molecular weight excluding hydrogens is 486 g/mol. The molecule has 8 heteroatoms. The molecule has 4 saturated carbocycles. The first kappa shape index (κ1) is 28.5. The number of Topliss-reactive ketones (excluding diaryl/α,β-unsaturated/α-hetero) is 1. The van der Waals surface area contributed by atoms with Crippen LogP contribution in [0.5, 0.6) is 0 Å². The molecule has 38 heavy (non-hydrogen) atoms. The van der Waals surface area contributed by atoms with E-state index in [1.807, 2.05) is 0 Å². The summed E-state index contributed by atoms with van der Waals surface area (Å²) in [6.45, 7) is 4.57. The van der Waals surface area contributed by atoms with Gasteiger partial charge in [0.15, 0.2) is 5.60 Å². The van der Waals surface area contributed by atoms with Crippen molar-refractivity contribution in [3.05, 3.63) is 11.3 Å². The van der Waals surface area contributed by atoms with E-state index in [0.717, 1.165) is 24.7 Å². The average molecular weight is 536 g/mol. The van der Waals surface area contributed by atoms with Gasteiger partial charge in [-0.15, -0.1) is 0 Å². The predicted octanol–water partition coefficient (Wildman–Crippen LogP) is 2.40. The molecule has 0 aliphatic heterocycles. The molecular formula is C30H49NO7. The Balaban J connectivity index is 1.36. The van der Waals surface area contributed by atoms with Crippen LogP contribution in [0.2, 0.25) is 0 Å². The molecule has 0 aromatic heterocycles. The van der Waals surface area contributed by atoms with Crippen LogP contribution >= 0.6 is 0 Å². The minimum Gasteiger partial charge on any atom is -0.512 e. The average Bonchev–Trinajstić information content (AvgIpc) is 2.85. The highest BCUT2D eigenvalue weighted by atomic mass is 16.4. The molecule has 0 radical (unpaired) electrons. The number of carbonyl (C=O) groups is 1. The second-order valence-corrected chi connectivity index (χ2v) is 13.9. The molecule has 0 saturated heterocycles. The molecule has 216 valence electrons. The maximum Gasteiger partial charge on any atom is 0.200 e. The summed E-state index contributed by atoms with van der Waals surface area (Å²) >= 11 is 0. The number of ketones is 1. The van der Waals surface area contributed by atoms with Gasteiger partial charge in [-0.2, -0.15) is 0 Å². The Hall–Kier alpha value is -1.03. The quantitative estimate of drug-likeness (QED) is 0.264. The second-order valence-electron chi connectivity index (χ2n) is 13.9. The molecule has 0 spiro atoms. The summed E-state index contributed by atoms with van der Waals surface area (Å²) in [4.78, 5) is 13.2. The van der Waals surface area contributed by atoms with Crippen molar-refractivity contribution < 1.29 is 35.4 Å². The summed E-state index contributed by atoms with van der Waals surface area (Å²) in [5.41, 5.74) is 2.81. The van der Waals surface area contributed by atoms with E-state index in [0.29, 0.717) is 24.7 Å². The van der Waals surface area contributed by atoms with E-state index in [9.17, 15) is 35.4 Å². The van der Waals surface area contributed by atoms with Crippen LogP contribution in [0, 0.1) is 53.3 Å². The van der Waals surface area contributed by atoms with Crippen LogP contribution in [0.3, 0.4) is 0 Å². The van der Waals surface area contributed by atoms with Gasteiger partial charge in [0, 0.05) is 24.2 Å². The van der Waals surface area contributed by atoms with Crippen LogP contribution in [0.1, 0.15) is 84.5 Å². The Bertz CT molecular complexity index is 912. The fraction of sp³-hybridized carbons (Fsp3) is 0.900. The van der Waals surface area contributed by atoms with Gasteiger partial charge >= 0.3 is 0 Å². The highest BCUT2D eigenvalue weighted by Crippen LogP contribution is 2.59. The van der Waals surface area contributed by atoms with Crippen molar-refractivity contribution in [1.29, 1.82) is 0 Å². The Kier molecular flexibility index (Phi) is 8.06. The number of nitrogens with two attached hydrogens (primary N) is 1. The topological polar surface area (TPSA) is 164 Å². The summed E-state index contributed by atoms with van der Waals surface area (Å²) in [5.74, 6) is -0.645. The van der Waals surface area contributed by atoms with Gasteiger partial charge in [-0.05, 0) is 74.0 Å². The third-order valence-corrected chi connectivity index (χ3v) is 11.5. The van der Waals surface area contributed by atoms with Crippen LogP contribution in [-0.2, 0) is 4.79 Å². The number of aliphatic hydroxyl groups excluding tert-OH is 5. The lowest BCUT2D eigenvalue weighted by atomic mass is 9.48. The highest BCUT2D eigenvalue weighted by Gasteiger charge is 2.65. The lowest BCUT2D eigenvalue weighted by Gasteiger charge is -2.60. The van der Waals surface area contributed by atoms with E-state index < -0.39 is 59.3 Å². The zero-order valence-electron chi connectivity index (χ0n) is 23.0. The Morgan fingerprint density at radius 3 is 2.26 bits per heavy atom. The Labute approximate surface area is 226 Å². The summed E-state index contributed by atoms with van der Waals surface area (Å²) in [5, 5.41) is 66.1. The lowest BCUT2D eigenvalue weighted by Crippen LogP contribution is -2.69. The van der Waals surface area contributed by atoms with Crippen LogP contribution in [0.25, 0.3) is 0 Å². The highest BCUT2D eigenvalue weighted by molar-refractivity contribution is 6.04. The van der Waals surface area contributed by atoms with Gasteiger partial charge in [0.2, 0.25) is 5.78 Å². The normalized spacial score (nSPS) is 48.3. The van der Waals surface area contributed by atoms with E-state index in [4.69, 9.17) is 5.73 Å². The molecule has 8 unspecified atom stereocenters. The summed E-state index contributed by atoms with van der Waals surface area (Å²) in [6, 6.07) is 0.